The zero-order valence-corrected chi connectivity index (χ0v) is 15.7. The van der Waals surface area contributed by atoms with E-state index in [2.05, 4.69) is 10.3 Å². The van der Waals surface area contributed by atoms with Gasteiger partial charge in [0.1, 0.15) is 12.2 Å². The second-order valence-electron chi connectivity index (χ2n) is 7.39. The molecule has 3 N–H and O–H groups in total. The van der Waals surface area contributed by atoms with E-state index in [-0.39, 0.29) is 6.61 Å². The molecule has 1 aromatic rings. The second-order valence-corrected chi connectivity index (χ2v) is 7.39. The quantitative estimate of drug-likeness (QED) is 0.686. The lowest BCUT2D eigenvalue weighted by atomic mass is 9.87. The van der Waals surface area contributed by atoms with E-state index in [1.54, 1.807) is 0 Å². The van der Waals surface area contributed by atoms with E-state index >= 15 is 0 Å². The molecule has 2 fully saturated rings. The molecule has 9 nitrogen and oxygen atoms in total. The minimum atomic E-state index is -1.41. The van der Waals surface area contributed by atoms with Crippen molar-refractivity contribution in [1.29, 1.82) is 0 Å². The second kappa shape index (κ2) is 8.97. The first-order chi connectivity index (χ1) is 13.4. The van der Waals surface area contributed by atoms with Crippen LogP contribution in [-0.2, 0) is 9.47 Å². The molecule has 156 valence electrons. The number of hydrogen-bond acceptors (Lipinski definition) is 7. The monoisotopic (exact) mass is 399 g/mol. The van der Waals surface area contributed by atoms with Crippen LogP contribution in [0.2, 0.25) is 0 Å². The van der Waals surface area contributed by atoms with Crippen LogP contribution in [0.3, 0.4) is 0 Å². The number of carbonyl (C=O) groups excluding carboxylic acids is 1. The number of ether oxygens (including phenoxy) is 2. The predicted molar refractivity (Wildman–Crippen MR) is 96.2 cm³/mol. The highest BCUT2D eigenvalue weighted by Crippen LogP contribution is 2.28. The average Bonchev–Trinajstić information content (AvgIpc) is 2.92. The first-order valence-electron chi connectivity index (χ1n) is 9.61. The van der Waals surface area contributed by atoms with Gasteiger partial charge in [-0.15, -0.1) is 0 Å². The van der Waals surface area contributed by atoms with Crippen molar-refractivity contribution in [2.75, 3.05) is 11.9 Å². The molecule has 4 atom stereocenters. The number of halogens is 1. The normalized spacial score (nSPS) is 28.3. The number of nitrogens with zero attached hydrogens (tertiary/aromatic N) is 2. The van der Waals surface area contributed by atoms with Gasteiger partial charge in [0.2, 0.25) is 0 Å². The molecule has 0 unspecified atom stereocenters. The first-order valence-corrected chi connectivity index (χ1v) is 9.61. The van der Waals surface area contributed by atoms with E-state index in [1.807, 2.05) is 0 Å². The summed E-state index contributed by atoms with van der Waals surface area (Å²) < 4.78 is 25.4. The standard InChI is InChI=1S/C18H26FN3O6/c1-10-13(23)14(24)16(28-10)22-9-12(19)15(20-17(22)25)21-18(26)27-8-7-11-5-3-2-4-6-11/h9-11,13-14,16,23-24H,2-8H2,1H3,(H,20,21,25,26)/t10-,13-,14-,16-/m1/s1. The van der Waals surface area contributed by atoms with Crippen molar-refractivity contribution in [2.24, 2.45) is 5.92 Å². The highest BCUT2D eigenvalue weighted by molar-refractivity contribution is 5.83. The molecule has 0 aromatic carbocycles. The summed E-state index contributed by atoms with van der Waals surface area (Å²) in [5, 5.41) is 21.8. The summed E-state index contributed by atoms with van der Waals surface area (Å²) in [4.78, 5) is 27.5. The van der Waals surface area contributed by atoms with Crippen molar-refractivity contribution in [3.05, 3.63) is 22.5 Å². The highest BCUT2D eigenvalue weighted by Gasteiger charge is 2.42. The van der Waals surface area contributed by atoms with Crippen molar-refractivity contribution in [3.63, 3.8) is 0 Å². The minimum absolute atomic E-state index is 0.215. The Labute approximate surface area is 161 Å². The number of rotatable bonds is 5. The molecule has 0 spiro atoms. The first kappa shape index (κ1) is 20.7. The largest absolute Gasteiger partial charge is 0.449 e. The Kier molecular flexibility index (Phi) is 6.63. The molecule has 1 aliphatic carbocycles. The number of carbonyl (C=O) groups is 1. The maximum absolute atomic E-state index is 14.3. The van der Waals surface area contributed by atoms with Gasteiger partial charge in [-0.25, -0.2) is 14.0 Å². The van der Waals surface area contributed by atoms with Gasteiger partial charge < -0.3 is 19.7 Å². The molecule has 10 heteroatoms. The predicted octanol–water partition coefficient (Wildman–Crippen LogP) is 1.54. The molecule has 1 aromatic heterocycles. The smallest absolute Gasteiger partial charge is 0.412 e. The zero-order chi connectivity index (χ0) is 20.3. The van der Waals surface area contributed by atoms with E-state index in [4.69, 9.17) is 9.47 Å². The third-order valence-electron chi connectivity index (χ3n) is 5.36. The average molecular weight is 399 g/mol. The maximum atomic E-state index is 14.3. The summed E-state index contributed by atoms with van der Waals surface area (Å²) in [5.41, 5.74) is -0.941. The van der Waals surface area contributed by atoms with Crippen LogP contribution in [0.1, 0.15) is 51.7 Å². The number of hydrogen-bond donors (Lipinski definition) is 3. The zero-order valence-electron chi connectivity index (χ0n) is 15.7. The maximum Gasteiger partial charge on any atom is 0.412 e. The van der Waals surface area contributed by atoms with Crippen molar-refractivity contribution >= 4 is 11.9 Å². The lowest BCUT2D eigenvalue weighted by molar-refractivity contribution is -0.0355. The van der Waals surface area contributed by atoms with Crippen LogP contribution in [0.4, 0.5) is 15.0 Å². The van der Waals surface area contributed by atoms with Crippen LogP contribution in [0, 0.1) is 11.7 Å². The molecule has 1 saturated carbocycles. The molecule has 2 heterocycles. The summed E-state index contributed by atoms with van der Waals surface area (Å²) in [7, 11) is 0. The van der Waals surface area contributed by atoms with Crippen LogP contribution in [0.25, 0.3) is 0 Å². The Morgan fingerprint density at radius 2 is 2.07 bits per heavy atom. The number of aliphatic hydroxyl groups is 2. The fourth-order valence-corrected chi connectivity index (χ4v) is 3.70. The van der Waals surface area contributed by atoms with Crippen LogP contribution in [-0.4, -0.2) is 50.8 Å². The van der Waals surface area contributed by atoms with Crippen molar-refractivity contribution in [2.45, 2.75) is 70.0 Å². The van der Waals surface area contributed by atoms with E-state index in [9.17, 15) is 24.2 Å². The van der Waals surface area contributed by atoms with Crippen LogP contribution in [0.5, 0.6) is 0 Å². The summed E-state index contributed by atoms with van der Waals surface area (Å²) in [6, 6.07) is 0. The van der Waals surface area contributed by atoms with Crippen molar-refractivity contribution in [3.8, 4) is 0 Å². The van der Waals surface area contributed by atoms with Gasteiger partial charge in [0.05, 0.1) is 18.9 Å². The number of anilines is 1. The summed E-state index contributed by atoms with van der Waals surface area (Å²) >= 11 is 0. The summed E-state index contributed by atoms with van der Waals surface area (Å²) in [6.45, 7) is 1.73. The van der Waals surface area contributed by atoms with Gasteiger partial charge in [0, 0.05) is 0 Å². The molecule has 2 aliphatic rings. The molecular weight excluding hydrogens is 373 g/mol. The number of amides is 1. The van der Waals surface area contributed by atoms with Crippen molar-refractivity contribution < 1.29 is 28.9 Å². The van der Waals surface area contributed by atoms with Crippen LogP contribution < -0.4 is 11.0 Å². The molecule has 0 bridgehead atoms. The summed E-state index contributed by atoms with van der Waals surface area (Å²) in [5.74, 6) is -1.02. The molecule has 0 radical (unpaired) electrons. The van der Waals surface area contributed by atoms with Gasteiger partial charge in [0.15, 0.2) is 17.9 Å². The molecule has 3 rings (SSSR count). The topological polar surface area (TPSA) is 123 Å². The Bertz CT molecular complexity index is 751. The Morgan fingerprint density at radius 1 is 1.36 bits per heavy atom. The van der Waals surface area contributed by atoms with Crippen molar-refractivity contribution in [1.82, 2.24) is 9.55 Å². The van der Waals surface area contributed by atoms with Gasteiger partial charge in [0.25, 0.3) is 0 Å². The van der Waals surface area contributed by atoms with Crippen LogP contribution in [0.15, 0.2) is 11.0 Å². The van der Waals surface area contributed by atoms with Gasteiger partial charge >= 0.3 is 11.8 Å². The van der Waals surface area contributed by atoms with Gasteiger partial charge in [-0.05, 0) is 19.3 Å². The lowest BCUT2D eigenvalue weighted by Gasteiger charge is -2.21. The number of aromatic nitrogens is 2. The van der Waals surface area contributed by atoms with E-state index in [0.29, 0.717) is 5.92 Å². The highest BCUT2D eigenvalue weighted by atomic mass is 19.1. The Morgan fingerprint density at radius 3 is 2.71 bits per heavy atom. The molecule has 1 amide bonds. The Hall–Kier alpha value is -2.04. The summed E-state index contributed by atoms with van der Waals surface area (Å²) in [6.07, 6.45) is 1.90. The molecule has 28 heavy (non-hydrogen) atoms. The van der Waals surface area contributed by atoms with E-state index < -0.39 is 48.0 Å². The number of nitrogens with one attached hydrogen (secondary N) is 1. The van der Waals surface area contributed by atoms with E-state index in [0.717, 1.165) is 30.0 Å². The SMILES string of the molecule is C[C@H]1O[C@@H](n2cc(F)c(NC(=O)OCCC3CCCCC3)nc2=O)[C@H](O)[C@@H]1O. The van der Waals surface area contributed by atoms with Gasteiger partial charge in [-0.2, -0.15) is 4.98 Å². The molecule has 1 saturated heterocycles. The van der Waals surface area contributed by atoms with E-state index in [1.165, 1.54) is 26.2 Å². The number of aliphatic hydroxyl groups excluding tert-OH is 2. The molecule has 1 aliphatic heterocycles. The van der Waals surface area contributed by atoms with Gasteiger partial charge in [-0.3, -0.25) is 9.88 Å². The lowest BCUT2D eigenvalue weighted by Crippen LogP contribution is -2.36. The van der Waals surface area contributed by atoms with Crippen LogP contribution >= 0.6 is 0 Å². The fraction of sp³-hybridized carbons (Fsp3) is 0.722. The fourth-order valence-electron chi connectivity index (χ4n) is 3.70. The third kappa shape index (κ3) is 4.68. The molecular formula is C18H26FN3O6. The van der Waals surface area contributed by atoms with Gasteiger partial charge in [-0.1, -0.05) is 32.1 Å². The minimum Gasteiger partial charge on any atom is -0.449 e. The Balaban J connectivity index is 1.58. The third-order valence-corrected chi connectivity index (χ3v) is 5.36.